The number of aliphatic hydroxyl groups excluding tert-OH is 2. The van der Waals surface area contributed by atoms with Crippen molar-refractivity contribution in [1.29, 1.82) is 0 Å². The fraction of sp³-hybridized carbons (Fsp3) is 0.487. The molecule has 5 rings (SSSR count). The quantitative estimate of drug-likeness (QED) is 0.207. The number of hydrogen-bond acceptors (Lipinski definition) is 12. The molecule has 0 fully saturated rings. The standard InChI is InChI=1S/C39H49NO13/c1-18-11-10-12-19(2)38(48)40-26-16-28(50-17-29(42)43)30-25(34(26)46)15-20(3)35-31(30)37(47)39(8,53-35)51-14-13-27(49-9)21(4)36(52-24(7)41)23(6)33(45)22(5)32(18)44/h10-16,18,21-23,27,32-33,36,44-46H,17H2,1-9H3,(H,40,48)(H,42,43)/b11-10-,14-13?,19-12-/t18-,21+,22+,23+,27-,32-,33+,36+,39-/m0/s1. The molecule has 5 N–H and O–H groups in total. The number of aryl methyl sites for hydroxylation is 1. The highest BCUT2D eigenvalue weighted by atomic mass is 16.7. The van der Waals surface area contributed by atoms with Gasteiger partial charge >= 0.3 is 17.7 Å². The molecule has 1 amide bonds. The van der Waals surface area contributed by atoms with Crippen molar-refractivity contribution in [3.8, 4) is 17.2 Å². The molecule has 0 aliphatic carbocycles. The number of carbonyl (C=O) groups excluding carboxylic acids is 3. The van der Waals surface area contributed by atoms with E-state index in [1.54, 1.807) is 46.8 Å². The summed E-state index contributed by atoms with van der Waals surface area (Å²) in [7, 11) is 1.44. The number of nitrogens with one attached hydrogen (secondary N) is 1. The van der Waals surface area contributed by atoms with Gasteiger partial charge in [-0.2, -0.15) is 0 Å². The molecule has 53 heavy (non-hydrogen) atoms. The second-order valence-electron chi connectivity index (χ2n) is 14.0. The normalized spacial score (nSPS) is 31.3. The van der Waals surface area contributed by atoms with E-state index in [9.17, 15) is 39.6 Å². The maximum atomic E-state index is 14.2. The first kappa shape index (κ1) is 40.8. The molecule has 0 radical (unpaired) electrons. The summed E-state index contributed by atoms with van der Waals surface area (Å²) in [6.45, 7) is 11.9. The number of benzene rings is 2. The van der Waals surface area contributed by atoms with Gasteiger partial charge in [0.2, 0.25) is 0 Å². The van der Waals surface area contributed by atoms with Crippen molar-refractivity contribution >= 4 is 40.1 Å². The first-order valence-electron chi connectivity index (χ1n) is 17.3. The Morgan fingerprint density at radius 3 is 2.30 bits per heavy atom. The zero-order valence-electron chi connectivity index (χ0n) is 31.3. The van der Waals surface area contributed by atoms with Crippen molar-refractivity contribution in [1.82, 2.24) is 0 Å². The minimum atomic E-state index is -1.93. The Balaban J connectivity index is 1.90. The van der Waals surface area contributed by atoms with Gasteiger partial charge in [-0.1, -0.05) is 45.9 Å². The Kier molecular flexibility index (Phi) is 12.6. The molecule has 2 aromatic carbocycles. The Morgan fingerprint density at radius 2 is 1.68 bits per heavy atom. The van der Waals surface area contributed by atoms with Gasteiger partial charge in [-0.05, 0) is 31.6 Å². The van der Waals surface area contributed by atoms with E-state index in [4.69, 9.17) is 23.7 Å². The zero-order chi connectivity index (χ0) is 39.5. The highest BCUT2D eigenvalue weighted by Gasteiger charge is 2.49. The summed E-state index contributed by atoms with van der Waals surface area (Å²) in [5, 5.41) is 46.3. The molecular formula is C39H49NO13. The van der Waals surface area contributed by atoms with Gasteiger partial charge in [-0.3, -0.25) is 14.4 Å². The van der Waals surface area contributed by atoms with Crippen LogP contribution in [0.2, 0.25) is 0 Å². The van der Waals surface area contributed by atoms with Crippen LogP contribution in [0.25, 0.3) is 10.8 Å². The van der Waals surface area contributed by atoms with Gasteiger partial charge in [-0.15, -0.1) is 0 Å². The van der Waals surface area contributed by atoms with Gasteiger partial charge in [0.1, 0.15) is 23.4 Å². The second kappa shape index (κ2) is 16.4. The van der Waals surface area contributed by atoms with Crippen LogP contribution in [-0.2, 0) is 28.6 Å². The number of hydrogen-bond donors (Lipinski definition) is 5. The topological polar surface area (TPSA) is 207 Å². The summed E-state index contributed by atoms with van der Waals surface area (Å²) < 4.78 is 29.1. The van der Waals surface area contributed by atoms with Crippen molar-refractivity contribution in [2.24, 2.45) is 23.7 Å². The number of amides is 1. The first-order valence-corrected chi connectivity index (χ1v) is 17.3. The number of rotatable bonds is 5. The lowest BCUT2D eigenvalue weighted by Gasteiger charge is -2.38. The largest absolute Gasteiger partial charge is 0.505 e. The van der Waals surface area contributed by atoms with Crippen molar-refractivity contribution in [2.45, 2.75) is 85.6 Å². The number of ketones is 1. The van der Waals surface area contributed by atoms with Gasteiger partial charge in [0, 0.05) is 67.0 Å². The molecular weight excluding hydrogens is 690 g/mol. The smallest absolute Gasteiger partial charge is 0.341 e. The monoisotopic (exact) mass is 739 g/mol. The number of phenols is 1. The average Bonchev–Trinajstić information content (AvgIpc) is 3.37. The highest BCUT2D eigenvalue weighted by molar-refractivity contribution is 6.20. The summed E-state index contributed by atoms with van der Waals surface area (Å²) in [5.41, 5.74) is 0.513. The molecule has 3 aliphatic rings. The minimum absolute atomic E-state index is 0.0278. The van der Waals surface area contributed by atoms with Gasteiger partial charge < -0.3 is 49.4 Å². The van der Waals surface area contributed by atoms with Gasteiger partial charge in [0.05, 0.1) is 35.8 Å². The molecule has 5 bridgehead atoms. The molecule has 0 saturated carbocycles. The molecule has 0 unspecified atom stereocenters. The van der Waals surface area contributed by atoms with Gasteiger partial charge in [-0.25, -0.2) is 4.79 Å². The number of phenolic OH excluding ortho intramolecular Hbond substituents is 1. The predicted octanol–water partition coefficient (Wildman–Crippen LogP) is 4.81. The number of aliphatic carboxylic acids is 1. The van der Waals surface area contributed by atoms with Gasteiger partial charge in [0.25, 0.3) is 11.7 Å². The van der Waals surface area contributed by atoms with E-state index in [2.05, 4.69) is 5.32 Å². The summed E-state index contributed by atoms with van der Waals surface area (Å²) in [4.78, 5) is 51.3. The second-order valence-corrected chi connectivity index (χ2v) is 14.0. The summed E-state index contributed by atoms with van der Waals surface area (Å²) in [6.07, 6.45) is 3.70. The van der Waals surface area contributed by atoms with Crippen LogP contribution in [0.1, 0.15) is 64.4 Å². The number of esters is 1. The van der Waals surface area contributed by atoms with E-state index in [1.807, 2.05) is 0 Å². The lowest BCUT2D eigenvalue weighted by Crippen LogP contribution is -2.46. The number of aromatic hydroxyl groups is 1. The molecule has 2 aromatic rings. The van der Waals surface area contributed by atoms with Crippen LogP contribution in [-0.4, -0.2) is 88.0 Å². The number of carboxylic acids is 1. The number of fused-ring (bicyclic) bond motifs is 14. The SMILES string of the molecule is CO[C@H]1C=CO[C@@]2(C)Oc3c(C)cc4c(O)c(cc(OCC(=O)O)c4c3C2=O)NC(=O)/C(C)=C\C=C/[C@H](C)[C@H](O)[C@@H](C)[C@@H](O)[C@@H](C)[C@H](OC(C)=O)[C@@H]1C. The third kappa shape index (κ3) is 8.50. The molecule has 3 aliphatic heterocycles. The van der Waals surface area contributed by atoms with E-state index in [0.29, 0.717) is 5.56 Å². The van der Waals surface area contributed by atoms with E-state index in [1.165, 1.54) is 58.4 Å². The summed E-state index contributed by atoms with van der Waals surface area (Å²) in [6, 6.07) is 2.76. The van der Waals surface area contributed by atoms with E-state index in [0.717, 1.165) is 0 Å². The summed E-state index contributed by atoms with van der Waals surface area (Å²) in [5.74, 6) is -7.89. The lowest BCUT2D eigenvalue weighted by atomic mass is 9.78. The number of anilines is 1. The Bertz CT molecular complexity index is 1850. The lowest BCUT2D eigenvalue weighted by molar-refractivity contribution is -0.160. The third-order valence-corrected chi connectivity index (χ3v) is 10.00. The molecule has 288 valence electrons. The molecule has 3 heterocycles. The molecule has 9 atom stereocenters. The Labute approximate surface area is 308 Å². The first-order chi connectivity index (χ1) is 24.8. The van der Waals surface area contributed by atoms with Crippen molar-refractivity contribution < 1.29 is 63.3 Å². The zero-order valence-corrected chi connectivity index (χ0v) is 31.3. The van der Waals surface area contributed by atoms with Gasteiger partial charge in [0.15, 0.2) is 6.61 Å². The van der Waals surface area contributed by atoms with E-state index < -0.39 is 89.9 Å². The predicted molar refractivity (Wildman–Crippen MR) is 194 cm³/mol. The van der Waals surface area contributed by atoms with Crippen LogP contribution in [0.4, 0.5) is 5.69 Å². The molecule has 0 spiro atoms. The Morgan fingerprint density at radius 1 is 1.00 bits per heavy atom. The number of methoxy groups -OCH3 is 1. The van der Waals surface area contributed by atoms with Crippen LogP contribution in [0.5, 0.6) is 17.2 Å². The maximum Gasteiger partial charge on any atom is 0.341 e. The number of ether oxygens (including phenoxy) is 5. The molecule has 14 nitrogen and oxygen atoms in total. The minimum Gasteiger partial charge on any atom is -0.505 e. The molecule has 0 aromatic heterocycles. The maximum absolute atomic E-state index is 14.2. The molecule has 0 saturated heterocycles. The van der Waals surface area contributed by atoms with Crippen LogP contribution in [0.3, 0.4) is 0 Å². The number of carbonyl (C=O) groups is 4. The third-order valence-electron chi connectivity index (χ3n) is 10.00. The fourth-order valence-corrected chi connectivity index (χ4v) is 6.83. The average molecular weight is 740 g/mol. The van der Waals surface area contributed by atoms with E-state index >= 15 is 0 Å². The van der Waals surface area contributed by atoms with Crippen LogP contribution < -0.4 is 14.8 Å². The summed E-state index contributed by atoms with van der Waals surface area (Å²) >= 11 is 0. The number of carboxylic acid groups (broad SMARTS) is 1. The van der Waals surface area contributed by atoms with Crippen molar-refractivity contribution in [2.75, 3.05) is 19.0 Å². The number of allylic oxidation sites excluding steroid dienone is 2. The number of aliphatic hydroxyl groups is 2. The van der Waals surface area contributed by atoms with Crippen LogP contribution >= 0.6 is 0 Å². The van der Waals surface area contributed by atoms with Crippen molar-refractivity contribution in [3.63, 3.8) is 0 Å². The molecule has 14 heteroatoms. The fourth-order valence-electron chi connectivity index (χ4n) is 6.83. The van der Waals surface area contributed by atoms with Crippen molar-refractivity contribution in [3.05, 3.63) is 59.4 Å². The highest BCUT2D eigenvalue weighted by Crippen LogP contribution is 2.49. The van der Waals surface area contributed by atoms with Crippen LogP contribution in [0, 0.1) is 30.6 Å². The van der Waals surface area contributed by atoms with Crippen LogP contribution in [0.15, 0.2) is 48.3 Å². The van der Waals surface area contributed by atoms with E-state index in [-0.39, 0.29) is 39.1 Å². The Hall–Kier alpha value is -4.92. The number of Topliss-reactive ketones (excluding diaryl/α,β-unsaturated/α-hetero) is 1.